The number of benzene rings is 3. The third-order valence-electron chi connectivity index (χ3n) is 4.72. The predicted molar refractivity (Wildman–Crippen MR) is 117 cm³/mol. The van der Waals surface area contributed by atoms with E-state index in [2.05, 4.69) is 4.98 Å². The van der Waals surface area contributed by atoms with E-state index in [9.17, 15) is 4.39 Å². The number of nitrogens with two attached hydrogens (primary N) is 1. The van der Waals surface area contributed by atoms with Crippen LogP contribution in [0.2, 0.25) is 0 Å². The number of hydrogen-bond donors (Lipinski definition) is 1. The largest absolute Gasteiger partial charge is 0.497 e. The fourth-order valence-electron chi connectivity index (χ4n) is 3.09. The zero-order valence-electron chi connectivity index (χ0n) is 17.1. The van der Waals surface area contributed by atoms with Gasteiger partial charge in [-0.1, -0.05) is 12.1 Å². The molecule has 0 amide bonds. The molecule has 0 fully saturated rings. The summed E-state index contributed by atoms with van der Waals surface area (Å²) in [5.41, 5.74) is 7.54. The highest BCUT2D eigenvalue weighted by atomic mass is 19.1. The molecule has 158 valence electrons. The SMILES string of the molecule is COc1ccc(COc2cc3nccc(Oc4ccc(N)cc4F)c3cc2OC)cc1. The van der Waals surface area contributed by atoms with E-state index in [0.29, 0.717) is 40.4 Å². The molecule has 1 heterocycles. The van der Waals surface area contributed by atoms with E-state index in [0.717, 1.165) is 11.3 Å². The number of ether oxygens (including phenoxy) is 4. The van der Waals surface area contributed by atoms with Crippen LogP contribution in [-0.4, -0.2) is 19.2 Å². The van der Waals surface area contributed by atoms with Crippen molar-refractivity contribution in [3.63, 3.8) is 0 Å². The second-order valence-corrected chi connectivity index (χ2v) is 6.76. The standard InChI is InChI=1S/C24H21FN2O4/c1-28-17-6-3-15(4-7-17)14-30-24-13-20-18(12-23(24)29-2)21(9-10-27-20)31-22-8-5-16(26)11-19(22)25/h3-13H,14,26H2,1-2H3. The van der Waals surface area contributed by atoms with E-state index in [1.54, 1.807) is 44.7 Å². The number of rotatable bonds is 7. The lowest BCUT2D eigenvalue weighted by atomic mass is 10.1. The minimum atomic E-state index is -0.545. The van der Waals surface area contributed by atoms with E-state index < -0.39 is 5.82 Å². The molecule has 6 nitrogen and oxygen atoms in total. The van der Waals surface area contributed by atoms with Crippen molar-refractivity contribution < 1.29 is 23.3 Å². The molecule has 1 aromatic heterocycles. The quantitative estimate of drug-likeness (QED) is 0.407. The van der Waals surface area contributed by atoms with Crippen LogP contribution in [0.3, 0.4) is 0 Å². The Kier molecular flexibility index (Phi) is 5.75. The summed E-state index contributed by atoms with van der Waals surface area (Å²) in [6, 6.07) is 17.1. The first kappa shape index (κ1) is 20.3. The molecule has 0 aliphatic rings. The van der Waals surface area contributed by atoms with Gasteiger partial charge in [0.1, 0.15) is 18.1 Å². The molecular formula is C24H21FN2O4. The zero-order valence-corrected chi connectivity index (χ0v) is 17.1. The highest BCUT2D eigenvalue weighted by Gasteiger charge is 2.14. The number of anilines is 1. The number of fused-ring (bicyclic) bond motifs is 1. The molecule has 3 aromatic carbocycles. The number of nitrogen functional groups attached to an aromatic ring is 1. The van der Waals surface area contributed by atoms with Gasteiger partial charge in [-0.25, -0.2) is 4.39 Å². The Balaban J connectivity index is 1.62. The summed E-state index contributed by atoms with van der Waals surface area (Å²) in [6.45, 7) is 0.346. The summed E-state index contributed by atoms with van der Waals surface area (Å²) >= 11 is 0. The Hall–Kier alpha value is -4.00. The summed E-state index contributed by atoms with van der Waals surface area (Å²) in [4.78, 5) is 4.39. The van der Waals surface area contributed by atoms with Gasteiger partial charge in [-0.15, -0.1) is 0 Å². The van der Waals surface area contributed by atoms with Crippen molar-refractivity contribution in [1.82, 2.24) is 4.98 Å². The molecule has 0 saturated carbocycles. The Morgan fingerprint density at radius 3 is 2.35 bits per heavy atom. The Bertz CT molecular complexity index is 1210. The number of hydrogen-bond acceptors (Lipinski definition) is 6. The highest BCUT2D eigenvalue weighted by molar-refractivity contribution is 5.88. The minimum absolute atomic E-state index is 0.0699. The van der Waals surface area contributed by atoms with E-state index in [1.165, 1.54) is 12.1 Å². The molecule has 4 rings (SSSR count). The zero-order chi connectivity index (χ0) is 21.8. The molecule has 0 saturated heterocycles. The number of pyridine rings is 1. The second kappa shape index (κ2) is 8.79. The van der Waals surface area contributed by atoms with Crippen LogP contribution in [0.5, 0.6) is 28.7 Å². The maximum Gasteiger partial charge on any atom is 0.167 e. The summed E-state index contributed by atoms with van der Waals surface area (Å²) in [6.07, 6.45) is 1.59. The number of halogens is 1. The number of aromatic nitrogens is 1. The van der Waals surface area contributed by atoms with Crippen LogP contribution in [0.1, 0.15) is 5.56 Å². The van der Waals surface area contributed by atoms with Crippen molar-refractivity contribution in [3.8, 4) is 28.7 Å². The minimum Gasteiger partial charge on any atom is -0.497 e. The molecule has 0 radical (unpaired) electrons. The fourth-order valence-corrected chi connectivity index (χ4v) is 3.09. The third-order valence-corrected chi connectivity index (χ3v) is 4.72. The van der Waals surface area contributed by atoms with Crippen molar-refractivity contribution >= 4 is 16.6 Å². The topological polar surface area (TPSA) is 75.8 Å². The first-order chi connectivity index (χ1) is 15.1. The molecule has 0 unspecified atom stereocenters. The summed E-state index contributed by atoms with van der Waals surface area (Å²) in [5, 5.41) is 0.660. The predicted octanol–water partition coefficient (Wildman–Crippen LogP) is 5.34. The molecule has 2 N–H and O–H groups in total. The van der Waals surface area contributed by atoms with E-state index in [4.69, 9.17) is 24.7 Å². The third kappa shape index (κ3) is 4.45. The lowest BCUT2D eigenvalue weighted by Crippen LogP contribution is -1.99. The average molecular weight is 420 g/mol. The van der Waals surface area contributed by atoms with Crippen LogP contribution in [0.4, 0.5) is 10.1 Å². The monoisotopic (exact) mass is 420 g/mol. The van der Waals surface area contributed by atoms with Crippen molar-refractivity contribution in [1.29, 1.82) is 0 Å². The molecule has 0 spiro atoms. The maximum absolute atomic E-state index is 14.2. The van der Waals surface area contributed by atoms with Gasteiger partial charge in [0.15, 0.2) is 23.1 Å². The Morgan fingerprint density at radius 1 is 0.839 bits per heavy atom. The van der Waals surface area contributed by atoms with Crippen LogP contribution in [0.25, 0.3) is 10.9 Å². The molecule has 0 bridgehead atoms. The van der Waals surface area contributed by atoms with Gasteiger partial charge >= 0.3 is 0 Å². The molecule has 4 aromatic rings. The summed E-state index contributed by atoms with van der Waals surface area (Å²) in [7, 11) is 3.18. The van der Waals surface area contributed by atoms with Crippen LogP contribution in [0, 0.1) is 5.82 Å². The van der Waals surface area contributed by atoms with Gasteiger partial charge in [-0.05, 0) is 42.0 Å². The normalized spacial score (nSPS) is 10.7. The molecular weight excluding hydrogens is 399 g/mol. The van der Waals surface area contributed by atoms with Crippen molar-refractivity contribution in [2.45, 2.75) is 6.61 Å². The first-order valence-electron chi connectivity index (χ1n) is 9.52. The van der Waals surface area contributed by atoms with Gasteiger partial charge in [-0.2, -0.15) is 0 Å². The fraction of sp³-hybridized carbons (Fsp3) is 0.125. The Morgan fingerprint density at radius 2 is 1.65 bits per heavy atom. The van der Waals surface area contributed by atoms with Crippen LogP contribution in [0.15, 0.2) is 66.9 Å². The van der Waals surface area contributed by atoms with Crippen LogP contribution in [-0.2, 0) is 6.61 Å². The second-order valence-electron chi connectivity index (χ2n) is 6.76. The number of nitrogens with zero attached hydrogens (tertiary/aromatic N) is 1. The van der Waals surface area contributed by atoms with E-state index in [-0.39, 0.29) is 5.75 Å². The van der Waals surface area contributed by atoms with Gasteiger partial charge in [0, 0.05) is 29.4 Å². The lowest BCUT2D eigenvalue weighted by Gasteiger charge is -2.14. The smallest absolute Gasteiger partial charge is 0.167 e. The van der Waals surface area contributed by atoms with Gasteiger partial charge in [0.2, 0.25) is 0 Å². The summed E-state index contributed by atoms with van der Waals surface area (Å²) < 4.78 is 36.6. The van der Waals surface area contributed by atoms with Gasteiger partial charge < -0.3 is 24.7 Å². The van der Waals surface area contributed by atoms with Gasteiger partial charge in [0.25, 0.3) is 0 Å². The molecule has 7 heteroatoms. The number of methoxy groups -OCH3 is 2. The van der Waals surface area contributed by atoms with Crippen LogP contribution >= 0.6 is 0 Å². The maximum atomic E-state index is 14.2. The van der Waals surface area contributed by atoms with Crippen molar-refractivity contribution in [2.24, 2.45) is 0 Å². The first-order valence-corrected chi connectivity index (χ1v) is 9.52. The molecule has 31 heavy (non-hydrogen) atoms. The average Bonchev–Trinajstić information content (AvgIpc) is 2.79. The van der Waals surface area contributed by atoms with Crippen molar-refractivity contribution in [3.05, 3.63) is 78.2 Å². The van der Waals surface area contributed by atoms with Gasteiger partial charge in [0.05, 0.1) is 19.7 Å². The molecule has 0 aliphatic carbocycles. The van der Waals surface area contributed by atoms with Crippen molar-refractivity contribution in [2.75, 3.05) is 20.0 Å². The Labute approximate surface area is 179 Å². The van der Waals surface area contributed by atoms with Gasteiger partial charge in [-0.3, -0.25) is 4.98 Å². The van der Waals surface area contributed by atoms with E-state index >= 15 is 0 Å². The van der Waals surface area contributed by atoms with E-state index in [1.807, 2.05) is 24.3 Å². The summed E-state index contributed by atoms with van der Waals surface area (Å²) in [5.74, 6) is 1.79. The van der Waals surface area contributed by atoms with Crippen LogP contribution < -0.4 is 24.7 Å². The molecule has 0 aliphatic heterocycles. The lowest BCUT2D eigenvalue weighted by molar-refractivity contribution is 0.285. The highest BCUT2D eigenvalue weighted by Crippen LogP contribution is 2.38. The molecule has 0 atom stereocenters.